The number of carboxylic acid groups (broad SMARTS) is 2. The molecule has 4 aromatic heterocycles. The first-order valence-electron chi connectivity index (χ1n) is 39.1. The second-order valence-electron chi connectivity index (χ2n) is 30.7. The number of alkyl halides is 10. The fourth-order valence-electron chi connectivity index (χ4n) is 16.2. The number of aryl methyl sites for hydroxylation is 2. The Morgan fingerprint density at radius 2 is 0.842 bits per heavy atom. The van der Waals surface area contributed by atoms with Crippen LogP contribution in [0.4, 0.5) is 84.5 Å². The van der Waals surface area contributed by atoms with Crippen LogP contribution in [0.2, 0.25) is 0 Å². The van der Waals surface area contributed by atoms with E-state index in [1.807, 2.05) is 45.6 Å². The molecule has 4 N–H and O–H groups in total. The summed E-state index contributed by atoms with van der Waals surface area (Å²) in [5, 5.41) is 30.9. The van der Waals surface area contributed by atoms with Crippen molar-refractivity contribution in [2.45, 2.75) is 90.8 Å². The number of benzene rings is 4. The van der Waals surface area contributed by atoms with Gasteiger partial charge in [-0.1, -0.05) is 13.8 Å². The predicted octanol–water partition coefficient (Wildman–Crippen LogP) is 9.26. The van der Waals surface area contributed by atoms with Gasteiger partial charge in [0.2, 0.25) is 23.4 Å². The Kier molecular flexibility index (Phi) is 28.9. The van der Waals surface area contributed by atoms with Crippen molar-refractivity contribution >= 4 is 69.9 Å². The Bertz CT molecular complexity index is 4670. The number of piperidine rings is 2. The van der Waals surface area contributed by atoms with Crippen LogP contribution in [0.3, 0.4) is 0 Å². The number of ether oxygens (including phenoxy) is 2. The molecule has 2 unspecified atom stereocenters. The zero-order valence-corrected chi connectivity index (χ0v) is 65.8. The third kappa shape index (κ3) is 21.8. The normalized spacial score (nSPS) is 20.8. The summed E-state index contributed by atoms with van der Waals surface area (Å²) in [6.45, 7) is 12.2. The van der Waals surface area contributed by atoms with Gasteiger partial charge in [0.25, 0.3) is 11.8 Å². The minimum Gasteiger partial charge on any atom is -0.542 e. The highest BCUT2D eigenvalue weighted by molar-refractivity contribution is 5.97. The molecule has 8 aromatic rings. The van der Waals surface area contributed by atoms with Crippen molar-refractivity contribution < 1.29 is 119 Å². The number of carboxylic acids is 2. The molecule has 0 bridgehead atoms. The lowest BCUT2D eigenvalue weighted by Gasteiger charge is -2.43. The topological polar surface area (TPSA) is 288 Å². The summed E-state index contributed by atoms with van der Waals surface area (Å²) >= 11 is 0. The van der Waals surface area contributed by atoms with Gasteiger partial charge >= 0.3 is 25.6 Å². The number of aromatic nitrogens is 6. The number of carbonyl (C=O) groups is 6. The summed E-state index contributed by atoms with van der Waals surface area (Å²) in [7, 11) is 4.66. The second-order valence-corrected chi connectivity index (χ2v) is 30.7. The van der Waals surface area contributed by atoms with Crippen LogP contribution < -0.4 is 41.0 Å². The van der Waals surface area contributed by atoms with E-state index in [-0.39, 0.29) is 58.0 Å². The maximum atomic E-state index is 15.0. The van der Waals surface area contributed by atoms with Crippen LogP contribution in [0.25, 0.3) is 33.8 Å². The van der Waals surface area contributed by atoms with Crippen molar-refractivity contribution in [3.05, 3.63) is 143 Å². The summed E-state index contributed by atoms with van der Waals surface area (Å²) in [4.78, 5) is 97.1. The zero-order chi connectivity index (χ0) is 86.7. The standard InChI is InChI=1S/2C38H44F4N8O3.2C2HF3O2/c2*1-3-25-20-27(46-34-35-45-22-30(49(35)13-12-44-34)29-6-7-31(53-38(41)42)33(40)32(29)39)4-5-28(25)37(52)48-16-14-47(15-17-48)36(51)26-9-18-50(2,19-10-26)23-24-8-11-43-21-24;2*3-2(4,5)1(6)7/h2*4-7,12-13,20,22,24,26,38,43H,3,8-11,14-19,21,23H2,1-2H3;2*(H,6,7). The van der Waals surface area contributed by atoms with Gasteiger partial charge in [-0.2, -0.15) is 52.7 Å². The predicted molar refractivity (Wildman–Crippen MR) is 404 cm³/mol. The van der Waals surface area contributed by atoms with Crippen molar-refractivity contribution in [3.63, 3.8) is 0 Å². The molecule has 26 nitrogen and oxygen atoms in total. The summed E-state index contributed by atoms with van der Waals surface area (Å²) < 4.78 is 186. The molecule has 6 aliphatic rings. The number of nitrogens with one attached hydrogen (secondary N) is 4. The SMILES string of the molecule is CCc1cc(Nc2nccn3c(-c4ccc(OC(F)F)c(F)c4F)cnc23)ccc1C(=O)N1CCN(C(=O)C2CC[N+](C)(CC3CCNC3)CC2)CC1.CCc1cc(Nc2nccn3c(-c4ccc(OC(F)F)c(F)c4F)cnc23)ccc1C(=O)N1CCN(C(=O)C2CC[N+](C)(CC3CCNC3)CC2)CC1.O=C([O-])C(F)(F)F.O=C([O-])C(F)(F)F. The van der Waals surface area contributed by atoms with Gasteiger partial charge in [-0.25, -0.2) is 28.7 Å². The van der Waals surface area contributed by atoms with Crippen LogP contribution in [-0.2, 0) is 32.0 Å². The molecule has 4 amide bonds. The molecular weight excluding hydrogens is 1610 g/mol. The molecule has 6 aliphatic heterocycles. The average molecular weight is 1700 g/mol. The molecule has 120 heavy (non-hydrogen) atoms. The van der Waals surface area contributed by atoms with Crippen LogP contribution in [0.15, 0.2) is 97.8 Å². The number of aliphatic carboxylic acids is 2. The fourth-order valence-corrected chi connectivity index (χ4v) is 16.2. The monoisotopic (exact) mass is 1700 g/mol. The van der Waals surface area contributed by atoms with Gasteiger partial charge in [0, 0.05) is 173 Å². The lowest BCUT2D eigenvalue weighted by atomic mass is 9.92. The average Bonchev–Trinajstić information content (AvgIpc) is 1.61. The lowest BCUT2D eigenvalue weighted by Crippen LogP contribution is -2.56. The maximum Gasteiger partial charge on any atom is 0.430 e. The molecule has 6 saturated heterocycles. The summed E-state index contributed by atoms with van der Waals surface area (Å²) in [6.07, 6.45) is 5.56. The Hall–Kier alpha value is -11.0. The molecule has 648 valence electrons. The number of nitrogens with zero attached hydrogens (tertiary/aromatic N) is 12. The third-order valence-corrected chi connectivity index (χ3v) is 22.6. The molecule has 40 heteroatoms. The summed E-state index contributed by atoms with van der Waals surface area (Å²) in [5.41, 5.74) is 4.71. The largest absolute Gasteiger partial charge is 0.542 e. The van der Waals surface area contributed by atoms with E-state index >= 15 is 0 Å². The summed E-state index contributed by atoms with van der Waals surface area (Å²) in [5.74, 6) is -11.1. The maximum absolute atomic E-state index is 15.0. The number of hydrogen-bond donors (Lipinski definition) is 4. The highest BCUT2D eigenvalue weighted by Crippen LogP contribution is 2.37. The van der Waals surface area contributed by atoms with E-state index in [0.717, 1.165) is 134 Å². The number of halogens is 14. The van der Waals surface area contributed by atoms with Crippen LogP contribution in [0, 0.1) is 46.9 Å². The lowest BCUT2D eigenvalue weighted by molar-refractivity contribution is -0.917. The van der Waals surface area contributed by atoms with Crippen molar-refractivity contribution in [2.24, 2.45) is 23.7 Å². The van der Waals surface area contributed by atoms with Gasteiger partial charge in [-0.15, -0.1) is 0 Å². The van der Waals surface area contributed by atoms with Crippen LogP contribution in [-0.4, -0.2) is 250 Å². The molecule has 2 atom stereocenters. The Balaban J connectivity index is 0.000000202. The molecule has 6 fully saturated rings. The first-order chi connectivity index (χ1) is 56.9. The van der Waals surface area contributed by atoms with Gasteiger partial charge in [-0.3, -0.25) is 28.0 Å². The third-order valence-electron chi connectivity index (χ3n) is 22.6. The van der Waals surface area contributed by atoms with E-state index in [4.69, 9.17) is 19.8 Å². The van der Waals surface area contributed by atoms with E-state index < -0.39 is 72.3 Å². The van der Waals surface area contributed by atoms with Gasteiger partial charge in [0.15, 0.2) is 46.1 Å². The smallest absolute Gasteiger partial charge is 0.430 e. The van der Waals surface area contributed by atoms with E-state index in [1.165, 1.54) is 71.9 Å². The quantitative estimate of drug-likeness (QED) is 0.0408. The first kappa shape index (κ1) is 89.8. The first-order valence-corrected chi connectivity index (χ1v) is 39.1. The molecule has 0 aliphatic carbocycles. The van der Waals surface area contributed by atoms with Crippen LogP contribution in [0.1, 0.15) is 84.2 Å². The second kappa shape index (κ2) is 38.6. The highest BCUT2D eigenvalue weighted by Gasteiger charge is 2.41. The zero-order valence-electron chi connectivity index (χ0n) is 65.8. The number of carbonyl (C=O) groups excluding carboxylic acids is 6. The van der Waals surface area contributed by atoms with Gasteiger partial charge < -0.3 is 79.1 Å². The number of hydrogen-bond acceptors (Lipinski definition) is 18. The van der Waals surface area contributed by atoms with Gasteiger partial charge in [-0.05, 0) is 111 Å². The van der Waals surface area contributed by atoms with Crippen molar-refractivity contribution in [2.75, 3.05) is 143 Å². The fraction of sp³-hybridized carbons (Fsp3) is 0.475. The number of likely N-dealkylation sites (tertiary alicyclic amines) is 2. The van der Waals surface area contributed by atoms with Crippen molar-refractivity contribution in [1.82, 2.24) is 59.0 Å². The molecule has 4 aromatic carbocycles. The van der Waals surface area contributed by atoms with E-state index in [0.29, 0.717) is 111 Å². The molecule has 0 saturated carbocycles. The molecule has 0 radical (unpaired) electrons. The highest BCUT2D eigenvalue weighted by atomic mass is 19.4. The van der Waals surface area contributed by atoms with E-state index in [9.17, 15) is 80.6 Å². The van der Waals surface area contributed by atoms with Crippen LogP contribution in [0.5, 0.6) is 11.5 Å². The Labute approximate surface area is 679 Å². The van der Waals surface area contributed by atoms with Gasteiger partial charge in [0.05, 0.1) is 77.1 Å². The van der Waals surface area contributed by atoms with Crippen molar-refractivity contribution in [3.8, 4) is 34.0 Å². The number of quaternary nitrogens is 2. The molecule has 10 heterocycles. The minimum absolute atomic E-state index is 0.0525. The minimum atomic E-state index is -5.19. The number of anilines is 4. The number of amides is 4. The molecular formula is C80H90F14N16O10. The van der Waals surface area contributed by atoms with E-state index in [1.54, 1.807) is 24.3 Å². The number of rotatable bonds is 20. The number of imidazole rings is 2. The number of fused-ring (bicyclic) bond motifs is 2. The Morgan fingerprint density at radius 3 is 1.15 bits per heavy atom. The van der Waals surface area contributed by atoms with Crippen LogP contribution >= 0.6 is 0 Å². The van der Waals surface area contributed by atoms with E-state index in [2.05, 4.69) is 64.8 Å². The Morgan fingerprint density at radius 1 is 0.500 bits per heavy atom. The molecule has 0 spiro atoms. The molecule has 14 rings (SSSR count). The van der Waals surface area contributed by atoms with Crippen molar-refractivity contribution in [1.29, 1.82) is 0 Å². The summed E-state index contributed by atoms with van der Waals surface area (Å²) in [6, 6.07) is 15.0. The number of piperazine rings is 2. The van der Waals surface area contributed by atoms with Gasteiger partial charge in [0.1, 0.15) is 11.9 Å².